The SMILES string of the molecule is CNCCOCCOCCOCCOCCOCCOc1ccc2c(c1)C(=O)N(C1CCC(=O)NC1=O)C2=O.Cl. The lowest BCUT2D eigenvalue weighted by atomic mass is 10.0. The van der Waals surface area contributed by atoms with Crippen molar-refractivity contribution in [1.82, 2.24) is 15.5 Å². The highest BCUT2D eigenvalue weighted by molar-refractivity contribution is 6.23. The van der Waals surface area contributed by atoms with Crippen LogP contribution in [0.5, 0.6) is 5.75 Å². The summed E-state index contributed by atoms with van der Waals surface area (Å²) in [6, 6.07) is 3.57. The minimum Gasteiger partial charge on any atom is -0.491 e. The van der Waals surface area contributed by atoms with Gasteiger partial charge in [0.1, 0.15) is 18.4 Å². The number of ether oxygens (including phenoxy) is 6. The van der Waals surface area contributed by atoms with Gasteiger partial charge in [-0.2, -0.15) is 0 Å². The Morgan fingerprint density at radius 3 is 1.85 bits per heavy atom. The Bertz CT molecular complexity index is 980. The second-order valence-corrected chi connectivity index (χ2v) is 8.67. The third-order valence-electron chi connectivity index (χ3n) is 5.89. The number of nitrogens with one attached hydrogen (secondary N) is 2. The predicted molar refractivity (Wildman–Crippen MR) is 144 cm³/mol. The molecular formula is C26H38ClN3O10. The molecule has 2 aliphatic rings. The summed E-state index contributed by atoms with van der Waals surface area (Å²) in [7, 11) is 1.88. The molecule has 1 unspecified atom stereocenters. The standard InChI is InChI=1S/C26H37N3O10.ClH/c1-27-6-7-34-8-9-35-10-11-36-12-13-37-14-15-38-16-17-39-19-2-3-20-21(18-19)26(33)29(25(20)32)22-4-5-23(30)28-24(22)31;/h2-3,18,22,27H,4-17H2,1H3,(H,28,30,31);1H. The predicted octanol–water partition coefficient (Wildman–Crippen LogP) is 0.191. The molecular weight excluding hydrogens is 550 g/mol. The van der Waals surface area contributed by atoms with Crippen molar-refractivity contribution in [3.05, 3.63) is 29.3 Å². The van der Waals surface area contributed by atoms with Crippen LogP contribution in [0.25, 0.3) is 0 Å². The highest BCUT2D eigenvalue weighted by atomic mass is 35.5. The molecule has 1 atom stereocenters. The maximum atomic E-state index is 12.9. The second-order valence-electron chi connectivity index (χ2n) is 8.67. The number of halogens is 1. The van der Waals surface area contributed by atoms with Gasteiger partial charge in [0.15, 0.2) is 0 Å². The molecule has 2 N–H and O–H groups in total. The fourth-order valence-electron chi connectivity index (χ4n) is 3.91. The Balaban J connectivity index is 0.00000560. The third-order valence-corrected chi connectivity index (χ3v) is 5.89. The van der Waals surface area contributed by atoms with Crippen LogP contribution in [0.3, 0.4) is 0 Å². The molecule has 3 rings (SSSR count). The number of benzene rings is 1. The minimum absolute atomic E-state index is 0. The monoisotopic (exact) mass is 587 g/mol. The molecule has 4 amide bonds. The number of carbonyl (C=O) groups excluding carboxylic acids is 4. The second kappa shape index (κ2) is 18.7. The van der Waals surface area contributed by atoms with Crippen molar-refractivity contribution >= 4 is 36.0 Å². The summed E-state index contributed by atoms with van der Waals surface area (Å²) in [5.41, 5.74) is 0.367. The van der Waals surface area contributed by atoms with Crippen molar-refractivity contribution in [2.45, 2.75) is 18.9 Å². The summed E-state index contributed by atoms with van der Waals surface area (Å²) in [6.45, 7) is 5.84. The number of fused-ring (bicyclic) bond motifs is 1. The first-order valence-electron chi connectivity index (χ1n) is 13.0. The smallest absolute Gasteiger partial charge is 0.262 e. The summed E-state index contributed by atoms with van der Waals surface area (Å²) in [4.78, 5) is 50.0. The lowest BCUT2D eigenvalue weighted by Crippen LogP contribution is -2.54. The van der Waals surface area contributed by atoms with Gasteiger partial charge < -0.3 is 33.7 Å². The fraction of sp³-hybridized carbons (Fsp3) is 0.615. The molecule has 13 nitrogen and oxygen atoms in total. The number of nitrogens with zero attached hydrogens (tertiary/aromatic N) is 1. The highest BCUT2D eigenvalue weighted by Crippen LogP contribution is 2.30. The minimum atomic E-state index is -1.00. The molecule has 224 valence electrons. The number of hydrogen-bond donors (Lipinski definition) is 2. The van der Waals surface area contributed by atoms with E-state index in [-0.39, 0.29) is 43.0 Å². The zero-order chi connectivity index (χ0) is 27.9. The summed E-state index contributed by atoms with van der Waals surface area (Å²) in [5, 5.41) is 5.17. The van der Waals surface area contributed by atoms with Crippen LogP contribution in [0.4, 0.5) is 0 Å². The van der Waals surface area contributed by atoms with Crippen LogP contribution in [-0.2, 0) is 33.3 Å². The van der Waals surface area contributed by atoms with Crippen molar-refractivity contribution < 1.29 is 47.6 Å². The first-order valence-corrected chi connectivity index (χ1v) is 13.0. The topological polar surface area (TPSA) is 151 Å². The van der Waals surface area contributed by atoms with E-state index in [1.165, 1.54) is 12.1 Å². The van der Waals surface area contributed by atoms with Gasteiger partial charge in [0, 0.05) is 13.0 Å². The molecule has 1 saturated heterocycles. The van der Waals surface area contributed by atoms with Crippen molar-refractivity contribution in [2.24, 2.45) is 0 Å². The Morgan fingerprint density at radius 2 is 1.30 bits per heavy atom. The number of likely N-dealkylation sites (N-methyl/N-ethyl adjacent to an activating group) is 1. The van der Waals surface area contributed by atoms with Gasteiger partial charge in [-0.05, 0) is 31.7 Å². The van der Waals surface area contributed by atoms with E-state index in [0.29, 0.717) is 71.8 Å². The van der Waals surface area contributed by atoms with Crippen molar-refractivity contribution in [3.8, 4) is 5.75 Å². The number of carbonyl (C=O) groups is 4. The van der Waals surface area contributed by atoms with Crippen molar-refractivity contribution in [1.29, 1.82) is 0 Å². The lowest BCUT2D eigenvalue weighted by Gasteiger charge is -2.27. The average molecular weight is 588 g/mol. The number of amides is 4. The molecule has 0 aromatic heterocycles. The number of piperidine rings is 1. The molecule has 0 aliphatic carbocycles. The summed E-state index contributed by atoms with van der Waals surface area (Å²) in [5.74, 6) is -1.79. The van der Waals surface area contributed by atoms with Gasteiger partial charge in [-0.15, -0.1) is 12.4 Å². The Hall–Kier alpha value is -2.65. The van der Waals surface area contributed by atoms with E-state index in [4.69, 9.17) is 28.4 Å². The van der Waals surface area contributed by atoms with Crippen LogP contribution < -0.4 is 15.4 Å². The van der Waals surface area contributed by atoms with Gasteiger partial charge in [0.2, 0.25) is 11.8 Å². The maximum Gasteiger partial charge on any atom is 0.262 e. The van der Waals surface area contributed by atoms with Crippen LogP contribution in [-0.4, -0.2) is 121 Å². The normalized spacial score (nSPS) is 16.6. The zero-order valence-corrected chi connectivity index (χ0v) is 23.5. The quantitative estimate of drug-likeness (QED) is 0.159. The number of imide groups is 2. The highest BCUT2D eigenvalue weighted by Gasteiger charge is 2.44. The van der Waals surface area contributed by atoms with Gasteiger partial charge in [0.25, 0.3) is 11.8 Å². The molecule has 1 aromatic rings. The van der Waals surface area contributed by atoms with Crippen LogP contribution in [0.1, 0.15) is 33.6 Å². The van der Waals surface area contributed by atoms with Crippen LogP contribution >= 0.6 is 12.4 Å². The summed E-state index contributed by atoms with van der Waals surface area (Å²) < 4.78 is 32.7. The Labute approximate surface area is 239 Å². The average Bonchev–Trinajstić information content (AvgIpc) is 3.17. The summed E-state index contributed by atoms with van der Waals surface area (Å²) in [6.07, 6.45) is 0.178. The van der Waals surface area contributed by atoms with E-state index < -0.39 is 29.7 Å². The van der Waals surface area contributed by atoms with Gasteiger partial charge >= 0.3 is 0 Å². The van der Waals surface area contributed by atoms with Crippen LogP contribution in [0.15, 0.2) is 18.2 Å². The molecule has 0 bridgehead atoms. The third kappa shape index (κ3) is 10.4. The van der Waals surface area contributed by atoms with Crippen molar-refractivity contribution in [3.63, 3.8) is 0 Å². The first-order chi connectivity index (χ1) is 19.0. The largest absolute Gasteiger partial charge is 0.491 e. The number of rotatable bonds is 20. The molecule has 40 heavy (non-hydrogen) atoms. The molecule has 1 aromatic carbocycles. The zero-order valence-electron chi connectivity index (χ0n) is 22.6. The van der Waals surface area contributed by atoms with E-state index in [1.54, 1.807) is 6.07 Å². The van der Waals surface area contributed by atoms with E-state index in [1.807, 2.05) is 7.05 Å². The van der Waals surface area contributed by atoms with Crippen LogP contribution in [0.2, 0.25) is 0 Å². The van der Waals surface area contributed by atoms with Gasteiger partial charge in [-0.3, -0.25) is 29.4 Å². The molecule has 14 heteroatoms. The first kappa shape index (κ1) is 33.6. The maximum absolute atomic E-state index is 12.9. The Morgan fingerprint density at radius 1 is 0.775 bits per heavy atom. The van der Waals surface area contributed by atoms with E-state index >= 15 is 0 Å². The molecule has 2 heterocycles. The van der Waals surface area contributed by atoms with Gasteiger partial charge in [-0.1, -0.05) is 0 Å². The van der Waals surface area contributed by atoms with E-state index in [0.717, 1.165) is 11.4 Å². The van der Waals surface area contributed by atoms with Gasteiger partial charge in [-0.25, -0.2) is 0 Å². The van der Waals surface area contributed by atoms with Gasteiger partial charge in [0.05, 0.1) is 77.2 Å². The molecule has 0 spiro atoms. The molecule has 2 aliphatic heterocycles. The Kier molecular flexibility index (Phi) is 15.6. The summed E-state index contributed by atoms with van der Waals surface area (Å²) >= 11 is 0. The molecule has 0 saturated carbocycles. The number of hydrogen-bond acceptors (Lipinski definition) is 11. The lowest BCUT2D eigenvalue weighted by molar-refractivity contribution is -0.136. The molecule has 0 radical (unpaired) electrons. The van der Waals surface area contributed by atoms with E-state index in [2.05, 4.69) is 10.6 Å². The van der Waals surface area contributed by atoms with E-state index in [9.17, 15) is 19.2 Å². The molecule has 1 fully saturated rings. The van der Waals surface area contributed by atoms with Crippen LogP contribution in [0, 0.1) is 0 Å². The fourth-order valence-corrected chi connectivity index (χ4v) is 3.91. The van der Waals surface area contributed by atoms with Crippen molar-refractivity contribution in [2.75, 3.05) is 86.3 Å².